The summed E-state index contributed by atoms with van der Waals surface area (Å²) in [6.07, 6.45) is 2.73. The number of nitrogens with one attached hydrogen (secondary N) is 1. The zero-order valence-corrected chi connectivity index (χ0v) is 14.7. The Morgan fingerprint density at radius 1 is 1.39 bits per heavy atom. The van der Waals surface area contributed by atoms with Crippen LogP contribution in [0.4, 0.5) is 9.52 Å². The maximum Gasteiger partial charge on any atom is 0.243 e. The van der Waals surface area contributed by atoms with Crippen molar-refractivity contribution >= 4 is 34.8 Å². The molecule has 0 aliphatic rings. The second kappa shape index (κ2) is 8.96. The number of hydrogen-bond acceptors (Lipinski definition) is 4. The van der Waals surface area contributed by atoms with Crippen molar-refractivity contribution in [1.82, 2.24) is 4.98 Å². The topological polar surface area (TPSA) is 68.0 Å². The van der Waals surface area contributed by atoms with Gasteiger partial charge in [-0.05, 0) is 24.0 Å². The molecule has 23 heavy (non-hydrogen) atoms. The van der Waals surface area contributed by atoms with Gasteiger partial charge < -0.3 is 11.1 Å². The van der Waals surface area contributed by atoms with E-state index in [-0.39, 0.29) is 24.1 Å². The summed E-state index contributed by atoms with van der Waals surface area (Å²) in [6, 6.07) is 6.09. The van der Waals surface area contributed by atoms with Crippen molar-refractivity contribution in [3.63, 3.8) is 0 Å². The third-order valence-corrected chi connectivity index (χ3v) is 4.08. The van der Waals surface area contributed by atoms with Crippen LogP contribution in [0.25, 0.3) is 0 Å². The van der Waals surface area contributed by atoms with Gasteiger partial charge in [-0.2, -0.15) is 0 Å². The van der Waals surface area contributed by atoms with Gasteiger partial charge in [-0.15, -0.1) is 23.7 Å². The summed E-state index contributed by atoms with van der Waals surface area (Å²) in [4.78, 5) is 17.0. The van der Waals surface area contributed by atoms with Gasteiger partial charge in [0, 0.05) is 17.5 Å². The maximum absolute atomic E-state index is 13.6. The Labute approximate surface area is 145 Å². The van der Waals surface area contributed by atoms with E-state index in [4.69, 9.17) is 5.73 Å². The number of carbonyl (C=O) groups is 1. The van der Waals surface area contributed by atoms with Crippen LogP contribution in [0.5, 0.6) is 0 Å². The number of anilines is 1. The summed E-state index contributed by atoms with van der Waals surface area (Å²) in [6.45, 7) is 4.03. The molecule has 0 spiro atoms. The lowest BCUT2D eigenvalue weighted by Gasteiger charge is -2.12. The first-order chi connectivity index (χ1) is 10.5. The first-order valence-electron chi connectivity index (χ1n) is 7.20. The number of amides is 1. The van der Waals surface area contributed by atoms with E-state index in [0.717, 1.165) is 4.88 Å². The van der Waals surface area contributed by atoms with Crippen molar-refractivity contribution < 1.29 is 9.18 Å². The lowest BCUT2D eigenvalue weighted by molar-refractivity contribution is -0.117. The Hall–Kier alpha value is -1.50. The number of carbonyl (C=O) groups excluding carboxylic acids is 1. The van der Waals surface area contributed by atoms with Gasteiger partial charge in [-0.25, -0.2) is 9.37 Å². The highest BCUT2D eigenvalue weighted by Crippen LogP contribution is 2.22. The average Bonchev–Trinajstić information content (AvgIpc) is 2.88. The van der Waals surface area contributed by atoms with Crippen molar-refractivity contribution in [2.24, 2.45) is 11.7 Å². The molecule has 126 valence electrons. The first kappa shape index (κ1) is 19.5. The highest BCUT2D eigenvalue weighted by atomic mass is 35.5. The van der Waals surface area contributed by atoms with E-state index >= 15 is 0 Å². The van der Waals surface area contributed by atoms with Gasteiger partial charge in [0.1, 0.15) is 5.82 Å². The van der Waals surface area contributed by atoms with E-state index in [1.54, 1.807) is 24.4 Å². The molecule has 0 aliphatic heterocycles. The Balaban J connectivity index is 0.00000264. The van der Waals surface area contributed by atoms with E-state index in [9.17, 15) is 9.18 Å². The number of rotatable bonds is 6. The van der Waals surface area contributed by atoms with Gasteiger partial charge in [0.15, 0.2) is 5.13 Å². The summed E-state index contributed by atoms with van der Waals surface area (Å²) >= 11 is 1.34. The largest absolute Gasteiger partial charge is 0.320 e. The monoisotopic (exact) mass is 357 g/mol. The summed E-state index contributed by atoms with van der Waals surface area (Å²) < 4.78 is 13.6. The Morgan fingerprint density at radius 2 is 2.09 bits per heavy atom. The molecule has 2 rings (SSSR count). The van der Waals surface area contributed by atoms with E-state index in [1.165, 1.54) is 17.4 Å². The van der Waals surface area contributed by atoms with E-state index in [0.29, 0.717) is 29.5 Å². The molecule has 3 N–H and O–H groups in total. The van der Waals surface area contributed by atoms with E-state index < -0.39 is 6.04 Å². The molecule has 1 atom stereocenters. The lowest BCUT2D eigenvalue weighted by Crippen LogP contribution is -2.36. The molecular weight excluding hydrogens is 337 g/mol. The van der Waals surface area contributed by atoms with Crippen LogP contribution >= 0.6 is 23.7 Å². The smallest absolute Gasteiger partial charge is 0.243 e. The minimum absolute atomic E-state index is 0. The number of nitrogens with zero attached hydrogens (tertiary/aromatic N) is 1. The highest BCUT2D eigenvalue weighted by molar-refractivity contribution is 7.15. The number of thiazole rings is 1. The highest BCUT2D eigenvalue weighted by Gasteiger charge is 2.16. The van der Waals surface area contributed by atoms with Crippen LogP contribution in [-0.2, 0) is 11.2 Å². The molecule has 1 aromatic heterocycles. The molecule has 0 bridgehead atoms. The van der Waals surface area contributed by atoms with E-state index in [2.05, 4.69) is 10.3 Å². The van der Waals surface area contributed by atoms with Crippen LogP contribution in [0.15, 0.2) is 30.5 Å². The summed E-state index contributed by atoms with van der Waals surface area (Å²) in [5.74, 6) is -0.116. The number of benzene rings is 1. The van der Waals surface area contributed by atoms with Crippen LogP contribution in [0.1, 0.15) is 30.7 Å². The number of hydrogen-bond donors (Lipinski definition) is 2. The quantitative estimate of drug-likeness (QED) is 0.829. The minimum Gasteiger partial charge on any atom is -0.320 e. The molecule has 0 saturated heterocycles. The van der Waals surface area contributed by atoms with Crippen LogP contribution in [0, 0.1) is 11.7 Å². The van der Waals surface area contributed by atoms with Gasteiger partial charge in [0.05, 0.1) is 6.04 Å². The van der Waals surface area contributed by atoms with Crippen LogP contribution < -0.4 is 11.1 Å². The van der Waals surface area contributed by atoms with Gasteiger partial charge in [0.25, 0.3) is 0 Å². The standard InChI is InChI=1S/C16H20FN3OS.ClH/c1-10(2)7-14(18)15(21)20-16-19-9-12(22-16)8-11-5-3-4-6-13(11)17;/h3-6,9-10,14H,7-8,18H2,1-2H3,(H,19,20,21);1H/t14-;/m0./s1. The summed E-state index contributed by atoms with van der Waals surface area (Å²) in [7, 11) is 0. The van der Waals surface area contributed by atoms with Gasteiger partial charge >= 0.3 is 0 Å². The second-order valence-corrected chi connectivity index (χ2v) is 6.74. The fourth-order valence-corrected chi connectivity index (χ4v) is 2.93. The fraction of sp³-hybridized carbons (Fsp3) is 0.375. The zero-order valence-electron chi connectivity index (χ0n) is 13.1. The molecule has 0 aliphatic carbocycles. The normalized spacial score (nSPS) is 11.9. The van der Waals surface area contributed by atoms with E-state index in [1.807, 2.05) is 13.8 Å². The van der Waals surface area contributed by atoms with Crippen molar-refractivity contribution in [3.05, 3.63) is 46.7 Å². The molecule has 0 radical (unpaired) electrons. The zero-order chi connectivity index (χ0) is 16.1. The van der Waals surface area contributed by atoms with Crippen LogP contribution in [-0.4, -0.2) is 16.9 Å². The molecule has 1 aromatic carbocycles. The van der Waals surface area contributed by atoms with Gasteiger partial charge in [-0.3, -0.25) is 4.79 Å². The third kappa shape index (κ3) is 5.89. The van der Waals surface area contributed by atoms with Crippen molar-refractivity contribution in [1.29, 1.82) is 0 Å². The van der Waals surface area contributed by atoms with Gasteiger partial charge in [-0.1, -0.05) is 32.0 Å². The van der Waals surface area contributed by atoms with Crippen molar-refractivity contribution in [2.75, 3.05) is 5.32 Å². The van der Waals surface area contributed by atoms with Crippen LogP contribution in [0.3, 0.4) is 0 Å². The molecule has 7 heteroatoms. The lowest BCUT2D eigenvalue weighted by atomic mass is 10.0. The Morgan fingerprint density at radius 3 is 2.74 bits per heavy atom. The molecule has 1 heterocycles. The molecule has 4 nitrogen and oxygen atoms in total. The predicted molar refractivity (Wildman–Crippen MR) is 94.6 cm³/mol. The fourth-order valence-electron chi connectivity index (χ4n) is 2.09. The number of halogens is 2. The van der Waals surface area contributed by atoms with Gasteiger partial charge in [0.2, 0.25) is 5.91 Å². The number of aromatic nitrogens is 1. The predicted octanol–water partition coefficient (Wildman–Crippen LogP) is 3.61. The molecular formula is C16H21ClFN3OS. The first-order valence-corrected chi connectivity index (χ1v) is 8.02. The Bertz CT molecular complexity index is 648. The summed E-state index contributed by atoms with van der Waals surface area (Å²) in [5, 5.41) is 3.21. The van der Waals surface area contributed by atoms with Crippen molar-refractivity contribution in [2.45, 2.75) is 32.7 Å². The molecule has 0 unspecified atom stereocenters. The molecule has 1 amide bonds. The maximum atomic E-state index is 13.6. The molecule has 0 fully saturated rings. The summed E-state index contributed by atoms with van der Waals surface area (Å²) in [5.41, 5.74) is 6.44. The van der Waals surface area contributed by atoms with Crippen molar-refractivity contribution in [3.8, 4) is 0 Å². The number of nitrogens with two attached hydrogens (primary N) is 1. The minimum atomic E-state index is -0.543. The Kier molecular flexibility index (Phi) is 7.61. The van der Waals surface area contributed by atoms with Crippen LogP contribution in [0.2, 0.25) is 0 Å². The SMILES string of the molecule is CC(C)C[C@H](N)C(=O)Nc1ncc(Cc2ccccc2F)s1.Cl. The molecule has 2 aromatic rings. The average molecular weight is 358 g/mol. The second-order valence-electron chi connectivity index (χ2n) is 5.63. The third-order valence-electron chi connectivity index (χ3n) is 3.17. The molecule has 0 saturated carbocycles.